The first-order valence-electron chi connectivity index (χ1n) is 5.08. The van der Waals surface area contributed by atoms with Crippen LogP contribution in [0.5, 0.6) is 0 Å². The van der Waals surface area contributed by atoms with Crippen molar-refractivity contribution < 1.29 is 28.9 Å². The van der Waals surface area contributed by atoms with Crippen LogP contribution >= 0.6 is 0 Å². The first-order chi connectivity index (χ1) is 7.40. The van der Waals surface area contributed by atoms with Gasteiger partial charge in [-0.1, -0.05) is 0 Å². The van der Waals surface area contributed by atoms with Gasteiger partial charge in [0.25, 0.3) is 0 Å². The highest BCUT2D eigenvalue weighted by Gasteiger charge is 2.40. The second kappa shape index (κ2) is 5.27. The van der Waals surface area contributed by atoms with Gasteiger partial charge in [0, 0.05) is 20.3 Å². The summed E-state index contributed by atoms with van der Waals surface area (Å²) < 4.78 is 15.1. The van der Waals surface area contributed by atoms with Crippen LogP contribution in [0.4, 0.5) is 0 Å². The van der Waals surface area contributed by atoms with E-state index in [1.807, 2.05) is 0 Å². The van der Waals surface area contributed by atoms with Crippen LogP contribution in [0.3, 0.4) is 0 Å². The van der Waals surface area contributed by atoms with Crippen molar-refractivity contribution >= 4 is 11.9 Å². The van der Waals surface area contributed by atoms with Crippen molar-refractivity contribution in [3.8, 4) is 0 Å². The van der Waals surface area contributed by atoms with Gasteiger partial charge in [0.1, 0.15) is 6.10 Å². The Morgan fingerprint density at radius 3 is 2.31 bits per heavy atom. The Labute approximate surface area is 93.5 Å². The van der Waals surface area contributed by atoms with Gasteiger partial charge in [-0.3, -0.25) is 9.59 Å². The third-order valence-electron chi connectivity index (χ3n) is 2.25. The molecule has 4 atom stereocenters. The molecule has 0 saturated carbocycles. The number of carbonyl (C=O) groups is 2. The van der Waals surface area contributed by atoms with Crippen molar-refractivity contribution in [1.82, 2.24) is 0 Å². The number of esters is 2. The zero-order valence-corrected chi connectivity index (χ0v) is 9.50. The van der Waals surface area contributed by atoms with Gasteiger partial charge < -0.3 is 19.3 Å². The molecule has 0 unspecified atom stereocenters. The lowest BCUT2D eigenvalue weighted by Crippen LogP contribution is -2.50. The first kappa shape index (κ1) is 12.9. The van der Waals surface area contributed by atoms with Gasteiger partial charge in [-0.15, -0.1) is 0 Å². The molecule has 0 aromatic carbocycles. The van der Waals surface area contributed by atoms with Crippen LogP contribution in [0.1, 0.15) is 27.2 Å². The molecule has 0 radical (unpaired) electrons. The van der Waals surface area contributed by atoms with E-state index in [-0.39, 0.29) is 6.42 Å². The van der Waals surface area contributed by atoms with Crippen LogP contribution in [-0.2, 0) is 23.8 Å². The third-order valence-corrected chi connectivity index (χ3v) is 2.25. The van der Waals surface area contributed by atoms with E-state index < -0.39 is 36.5 Å². The summed E-state index contributed by atoms with van der Waals surface area (Å²) >= 11 is 0. The zero-order valence-electron chi connectivity index (χ0n) is 9.50. The number of ether oxygens (including phenoxy) is 3. The summed E-state index contributed by atoms with van der Waals surface area (Å²) in [5, 5.41) is 9.36. The molecule has 0 bridgehead atoms. The second-order valence-corrected chi connectivity index (χ2v) is 3.75. The fourth-order valence-corrected chi connectivity index (χ4v) is 1.71. The van der Waals surface area contributed by atoms with Crippen molar-refractivity contribution in [3.63, 3.8) is 0 Å². The molecular weight excluding hydrogens is 216 g/mol. The van der Waals surface area contributed by atoms with E-state index in [4.69, 9.17) is 14.2 Å². The standard InChI is InChI=1S/C10H16O6/c1-5-10(16-7(3)12)8(15-6(2)11)4-9(13)14-5/h5,8-10,13H,4H2,1-3H3/t5-,8+,9+,10-/m0/s1. The zero-order chi connectivity index (χ0) is 12.3. The smallest absolute Gasteiger partial charge is 0.303 e. The maximum absolute atomic E-state index is 10.9. The van der Waals surface area contributed by atoms with Gasteiger partial charge in [-0.25, -0.2) is 0 Å². The molecule has 0 aromatic heterocycles. The lowest BCUT2D eigenvalue weighted by Gasteiger charge is -2.37. The average molecular weight is 232 g/mol. The quantitative estimate of drug-likeness (QED) is 0.674. The summed E-state index contributed by atoms with van der Waals surface area (Å²) in [5.41, 5.74) is 0. The largest absolute Gasteiger partial charge is 0.458 e. The van der Waals surface area contributed by atoms with Crippen molar-refractivity contribution in [2.75, 3.05) is 0 Å². The number of aliphatic hydroxyl groups excluding tert-OH is 1. The Kier molecular flexibility index (Phi) is 4.26. The van der Waals surface area contributed by atoms with Gasteiger partial charge in [0.15, 0.2) is 12.4 Å². The Morgan fingerprint density at radius 2 is 1.81 bits per heavy atom. The number of carbonyl (C=O) groups excluding carboxylic acids is 2. The average Bonchev–Trinajstić information content (AvgIpc) is 2.09. The van der Waals surface area contributed by atoms with Gasteiger partial charge >= 0.3 is 11.9 Å². The highest BCUT2D eigenvalue weighted by atomic mass is 16.7. The monoisotopic (exact) mass is 232 g/mol. The van der Waals surface area contributed by atoms with E-state index in [9.17, 15) is 14.7 Å². The van der Waals surface area contributed by atoms with Gasteiger partial charge in [0.2, 0.25) is 0 Å². The number of hydrogen-bond donors (Lipinski definition) is 1. The summed E-state index contributed by atoms with van der Waals surface area (Å²) in [4.78, 5) is 21.8. The lowest BCUT2D eigenvalue weighted by molar-refractivity contribution is -0.241. The van der Waals surface area contributed by atoms with E-state index in [0.717, 1.165) is 0 Å². The van der Waals surface area contributed by atoms with Crippen LogP contribution in [0.15, 0.2) is 0 Å². The first-order valence-corrected chi connectivity index (χ1v) is 5.08. The SMILES string of the molecule is CC(=O)O[C@H]1[C@H](C)O[C@@H](O)C[C@H]1OC(C)=O. The summed E-state index contributed by atoms with van der Waals surface area (Å²) in [7, 11) is 0. The molecule has 92 valence electrons. The molecule has 1 rings (SSSR count). The van der Waals surface area contributed by atoms with Crippen LogP contribution < -0.4 is 0 Å². The summed E-state index contributed by atoms with van der Waals surface area (Å²) in [6, 6.07) is 0. The minimum atomic E-state index is -1.01. The minimum absolute atomic E-state index is 0.0991. The van der Waals surface area contributed by atoms with Crippen LogP contribution in [0, 0.1) is 0 Å². The molecule has 0 aromatic rings. The molecule has 1 saturated heterocycles. The molecule has 1 fully saturated rings. The van der Waals surface area contributed by atoms with Gasteiger partial charge in [-0.05, 0) is 6.92 Å². The molecule has 16 heavy (non-hydrogen) atoms. The molecule has 1 N–H and O–H groups in total. The third kappa shape index (κ3) is 3.46. The highest BCUT2D eigenvalue weighted by Crippen LogP contribution is 2.24. The van der Waals surface area contributed by atoms with E-state index in [0.29, 0.717) is 0 Å². The normalized spacial score (nSPS) is 34.2. The summed E-state index contributed by atoms with van der Waals surface area (Å²) in [6.45, 7) is 4.17. The summed E-state index contributed by atoms with van der Waals surface area (Å²) in [6.07, 6.45) is -2.77. The fourth-order valence-electron chi connectivity index (χ4n) is 1.71. The predicted octanol–water partition coefficient (Wildman–Crippen LogP) is -0.0230. The number of rotatable bonds is 2. The van der Waals surface area contributed by atoms with Crippen molar-refractivity contribution in [2.24, 2.45) is 0 Å². The van der Waals surface area contributed by atoms with E-state index in [2.05, 4.69) is 0 Å². The topological polar surface area (TPSA) is 82.1 Å². The Bertz CT molecular complexity index is 276. The van der Waals surface area contributed by atoms with Crippen molar-refractivity contribution in [3.05, 3.63) is 0 Å². The van der Waals surface area contributed by atoms with Crippen LogP contribution in [0.2, 0.25) is 0 Å². The molecular formula is C10H16O6. The van der Waals surface area contributed by atoms with E-state index >= 15 is 0 Å². The van der Waals surface area contributed by atoms with Crippen molar-refractivity contribution in [1.29, 1.82) is 0 Å². The van der Waals surface area contributed by atoms with E-state index in [1.54, 1.807) is 6.92 Å². The molecule has 0 spiro atoms. The van der Waals surface area contributed by atoms with Crippen molar-refractivity contribution in [2.45, 2.75) is 51.8 Å². The fraction of sp³-hybridized carbons (Fsp3) is 0.800. The summed E-state index contributed by atoms with van der Waals surface area (Å²) in [5.74, 6) is -0.961. The number of aliphatic hydroxyl groups is 1. The Morgan fingerprint density at radius 1 is 1.25 bits per heavy atom. The maximum Gasteiger partial charge on any atom is 0.303 e. The predicted molar refractivity (Wildman–Crippen MR) is 52.3 cm³/mol. The highest BCUT2D eigenvalue weighted by molar-refractivity contribution is 5.67. The van der Waals surface area contributed by atoms with E-state index in [1.165, 1.54) is 13.8 Å². The second-order valence-electron chi connectivity index (χ2n) is 3.75. The van der Waals surface area contributed by atoms with Crippen LogP contribution in [-0.4, -0.2) is 41.6 Å². The minimum Gasteiger partial charge on any atom is -0.458 e. The molecule has 0 aliphatic carbocycles. The molecule has 1 aliphatic heterocycles. The van der Waals surface area contributed by atoms with Gasteiger partial charge in [-0.2, -0.15) is 0 Å². The Balaban J connectivity index is 2.71. The Hall–Kier alpha value is -1.14. The lowest BCUT2D eigenvalue weighted by atomic mass is 10.0. The molecule has 6 nitrogen and oxygen atoms in total. The maximum atomic E-state index is 10.9. The molecule has 0 amide bonds. The molecule has 6 heteroatoms. The van der Waals surface area contributed by atoms with Gasteiger partial charge in [0.05, 0.1) is 6.10 Å². The molecule has 1 heterocycles. The number of hydrogen-bond acceptors (Lipinski definition) is 6. The molecule has 1 aliphatic rings. The van der Waals surface area contributed by atoms with Crippen LogP contribution in [0.25, 0.3) is 0 Å².